The van der Waals surface area contributed by atoms with Gasteiger partial charge >= 0.3 is 0 Å². The SMILES string of the molecule is CCc1nn(-c2ccc3ccccc3n2)c(N)c1C#N. The van der Waals surface area contributed by atoms with Crippen molar-refractivity contribution in [3.8, 4) is 11.9 Å². The summed E-state index contributed by atoms with van der Waals surface area (Å²) in [6.07, 6.45) is 0.660. The first-order chi connectivity index (χ1) is 9.74. The lowest BCUT2D eigenvalue weighted by molar-refractivity contribution is 0.828. The van der Waals surface area contributed by atoms with Gasteiger partial charge in [-0.25, -0.2) is 4.98 Å². The van der Waals surface area contributed by atoms with Crippen molar-refractivity contribution in [2.75, 3.05) is 5.73 Å². The van der Waals surface area contributed by atoms with Gasteiger partial charge in [-0.3, -0.25) is 0 Å². The quantitative estimate of drug-likeness (QED) is 0.770. The largest absolute Gasteiger partial charge is 0.382 e. The van der Waals surface area contributed by atoms with Crippen LogP contribution in [-0.4, -0.2) is 14.8 Å². The van der Waals surface area contributed by atoms with Gasteiger partial charge in [-0.1, -0.05) is 25.1 Å². The lowest BCUT2D eigenvalue weighted by Crippen LogP contribution is -2.04. The summed E-state index contributed by atoms with van der Waals surface area (Å²) in [6.45, 7) is 1.95. The van der Waals surface area contributed by atoms with Gasteiger partial charge in [0.25, 0.3) is 0 Å². The maximum atomic E-state index is 9.16. The Morgan fingerprint density at radius 1 is 1.25 bits per heavy atom. The number of hydrogen-bond donors (Lipinski definition) is 1. The van der Waals surface area contributed by atoms with Crippen LogP contribution in [0.3, 0.4) is 0 Å². The van der Waals surface area contributed by atoms with Crippen molar-refractivity contribution in [3.05, 3.63) is 47.7 Å². The van der Waals surface area contributed by atoms with Crippen molar-refractivity contribution in [2.45, 2.75) is 13.3 Å². The van der Waals surface area contributed by atoms with E-state index in [-0.39, 0.29) is 0 Å². The van der Waals surface area contributed by atoms with Gasteiger partial charge in [-0.15, -0.1) is 0 Å². The van der Waals surface area contributed by atoms with Crippen molar-refractivity contribution in [1.82, 2.24) is 14.8 Å². The summed E-state index contributed by atoms with van der Waals surface area (Å²) in [6, 6.07) is 13.8. The van der Waals surface area contributed by atoms with Gasteiger partial charge in [-0.2, -0.15) is 15.0 Å². The van der Waals surface area contributed by atoms with Crippen LogP contribution in [0, 0.1) is 11.3 Å². The lowest BCUT2D eigenvalue weighted by atomic mass is 10.2. The summed E-state index contributed by atoms with van der Waals surface area (Å²) in [7, 11) is 0. The molecule has 0 aliphatic heterocycles. The first kappa shape index (κ1) is 12.2. The topological polar surface area (TPSA) is 80.5 Å². The van der Waals surface area contributed by atoms with Crippen LogP contribution in [0.25, 0.3) is 16.7 Å². The Kier molecular flexibility index (Phi) is 2.84. The van der Waals surface area contributed by atoms with Gasteiger partial charge in [0.2, 0.25) is 0 Å². The highest BCUT2D eigenvalue weighted by Gasteiger charge is 2.15. The summed E-state index contributed by atoms with van der Waals surface area (Å²) in [5.74, 6) is 0.963. The fraction of sp³-hybridized carbons (Fsp3) is 0.133. The molecule has 0 unspecified atom stereocenters. The van der Waals surface area contributed by atoms with E-state index in [1.807, 2.05) is 43.3 Å². The fourth-order valence-corrected chi connectivity index (χ4v) is 2.20. The molecule has 5 heteroatoms. The van der Waals surface area contributed by atoms with Crippen LogP contribution in [0.4, 0.5) is 5.82 Å². The monoisotopic (exact) mass is 263 g/mol. The highest BCUT2D eigenvalue weighted by Crippen LogP contribution is 2.21. The number of nitrogens with zero attached hydrogens (tertiary/aromatic N) is 4. The normalized spacial score (nSPS) is 10.6. The summed E-state index contributed by atoms with van der Waals surface area (Å²) in [5.41, 5.74) is 8.00. The van der Waals surface area contributed by atoms with Crippen molar-refractivity contribution >= 4 is 16.7 Å². The summed E-state index contributed by atoms with van der Waals surface area (Å²) >= 11 is 0. The number of benzene rings is 1. The van der Waals surface area contributed by atoms with Gasteiger partial charge < -0.3 is 5.73 Å². The molecule has 3 rings (SSSR count). The smallest absolute Gasteiger partial charge is 0.156 e. The number of fused-ring (bicyclic) bond motifs is 1. The maximum absolute atomic E-state index is 9.16. The molecular weight excluding hydrogens is 250 g/mol. The second kappa shape index (κ2) is 4.67. The first-order valence-corrected chi connectivity index (χ1v) is 6.38. The van der Waals surface area contributed by atoms with Gasteiger partial charge in [0.1, 0.15) is 17.5 Å². The van der Waals surface area contributed by atoms with E-state index in [4.69, 9.17) is 11.0 Å². The van der Waals surface area contributed by atoms with E-state index in [9.17, 15) is 0 Å². The number of anilines is 1. The molecule has 0 radical (unpaired) electrons. The molecule has 1 aromatic carbocycles. The third-order valence-corrected chi connectivity index (χ3v) is 3.24. The van der Waals surface area contributed by atoms with Crippen molar-refractivity contribution < 1.29 is 0 Å². The van der Waals surface area contributed by atoms with E-state index >= 15 is 0 Å². The molecule has 2 aromatic heterocycles. The third kappa shape index (κ3) is 1.79. The summed E-state index contributed by atoms with van der Waals surface area (Å²) < 4.78 is 1.53. The molecule has 3 aromatic rings. The van der Waals surface area contributed by atoms with Crippen LogP contribution in [0.1, 0.15) is 18.2 Å². The predicted octanol–water partition coefficient (Wildman–Crippen LogP) is 2.44. The molecule has 0 atom stereocenters. The number of aryl methyl sites for hydroxylation is 1. The molecule has 98 valence electrons. The number of pyridine rings is 1. The minimum absolute atomic E-state index is 0.340. The third-order valence-electron chi connectivity index (χ3n) is 3.24. The Bertz CT molecular complexity index is 826. The summed E-state index contributed by atoms with van der Waals surface area (Å²) in [5, 5.41) is 14.6. The molecule has 0 aliphatic carbocycles. The Morgan fingerprint density at radius 3 is 2.75 bits per heavy atom. The van der Waals surface area contributed by atoms with Crippen molar-refractivity contribution in [1.29, 1.82) is 5.26 Å². The molecule has 2 N–H and O–H groups in total. The first-order valence-electron chi connectivity index (χ1n) is 6.38. The van der Waals surface area contributed by atoms with E-state index in [1.165, 1.54) is 4.68 Å². The lowest BCUT2D eigenvalue weighted by Gasteiger charge is -2.04. The average Bonchev–Trinajstić information content (AvgIpc) is 2.82. The molecule has 0 saturated carbocycles. The zero-order valence-corrected chi connectivity index (χ0v) is 11.0. The minimum atomic E-state index is 0.340. The van der Waals surface area contributed by atoms with Gasteiger partial charge in [-0.05, 0) is 24.6 Å². The van der Waals surface area contributed by atoms with Crippen molar-refractivity contribution in [2.24, 2.45) is 0 Å². The van der Waals surface area contributed by atoms with Crippen LogP contribution in [-0.2, 0) is 6.42 Å². The molecule has 0 spiro atoms. The van der Waals surface area contributed by atoms with E-state index in [1.54, 1.807) is 0 Å². The second-order valence-corrected chi connectivity index (χ2v) is 4.45. The Hall–Kier alpha value is -2.87. The van der Waals surface area contributed by atoms with Crippen LogP contribution >= 0.6 is 0 Å². The van der Waals surface area contributed by atoms with Gasteiger partial charge in [0.15, 0.2) is 5.82 Å². The fourth-order valence-electron chi connectivity index (χ4n) is 2.20. The number of para-hydroxylation sites is 1. The Morgan fingerprint density at radius 2 is 2.05 bits per heavy atom. The van der Waals surface area contributed by atoms with E-state index < -0.39 is 0 Å². The molecule has 5 nitrogen and oxygen atoms in total. The number of nitrogen functional groups attached to an aromatic ring is 1. The van der Waals surface area contributed by atoms with Crippen LogP contribution in [0.5, 0.6) is 0 Å². The Labute approximate surface area is 116 Å². The van der Waals surface area contributed by atoms with Crippen LogP contribution in [0.2, 0.25) is 0 Å². The molecular formula is C15H13N5. The zero-order valence-electron chi connectivity index (χ0n) is 11.0. The van der Waals surface area contributed by atoms with E-state index in [0.29, 0.717) is 29.3 Å². The molecule has 0 aliphatic rings. The maximum Gasteiger partial charge on any atom is 0.156 e. The molecule has 2 heterocycles. The Balaban J connectivity index is 2.21. The van der Waals surface area contributed by atoms with Crippen molar-refractivity contribution in [3.63, 3.8) is 0 Å². The van der Waals surface area contributed by atoms with Gasteiger partial charge in [0, 0.05) is 5.39 Å². The molecule has 20 heavy (non-hydrogen) atoms. The van der Waals surface area contributed by atoms with Crippen LogP contribution in [0.15, 0.2) is 36.4 Å². The molecule has 0 bridgehead atoms. The van der Waals surface area contributed by atoms with Crippen LogP contribution < -0.4 is 5.73 Å². The predicted molar refractivity (Wildman–Crippen MR) is 77.4 cm³/mol. The van der Waals surface area contributed by atoms with E-state index in [2.05, 4.69) is 16.2 Å². The number of aromatic nitrogens is 3. The van der Waals surface area contributed by atoms with E-state index in [0.717, 1.165) is 10.9 Å². The minimum Gasteiger partial charge on any atom is -0.382 e. The molecule has 0 amide bonds. The standard InChI is InChI=1S/C15H13N5/c1-2-12-11(9-16)15(17)20(19-12)14-8-7-10-5-3-4-6-13(10)18-14/h3-8H,2,17H2,1H3. The highest BCUT2D eigenvalue weighted by atomic mass is 15.3. The highest BCUT2D eigenvalue weighted by molar-refractivity contribution is 5.79. The molecule has 0 fully saturated rings. The average molecular weight is 263 g/mol. The number of nitrogens with two attached hydrogens (primary N) is 1. The number of hydrogen-bond acceptors (Lipinski definition) is 4. The molecule has 0 saturated heterocycles. The second-order valence-electron chi connectivity index (χ2n) is 4.45. The summed E-state index contributed by atoms with van der Waals surface area (Å²) in [4.78, 5) is 4.54. The zero-order chi connectivity index (χ0) is 14.1. The number of nitriles is 1. The number of rotatable bonds is 2. The van der Waals surface area contributed by atoms with Gasteiger partial charge in [0.05, 0.1) is 11.2 Å².